The van der Waals surface area contributed by atoms with Gasteiger partial charge in [0.25, 0.3) is 5.95 Å². The summed E-state index contributed by atoms with van der Waals surface area (Å²) in [5.41, 5.74) is -1.97. The molecule has 0 bridgehead atoms. The van der Waals surface area contributed by atoms with Crippen LogP contribution >= 0.6 is 0 Å². The Hall–Kier alpha value is -3.97. The van der Waals surface area contributed by atoms with Crippen LogP contribution in [0.3, 0.4) is 0 Å². The van der Waals surface area contributed by atoms with E-state index in [1.165, 1.54) is 24.1 Å². The van der Waals surface area contributed by atoms with Crippen LogP contribution < -0.4 is 9.80 Å². The van der Waals surface area contributed by atoms with Crippen molar-refractivity contribution >= 4 is 22.7 Å². The SMILES string of the molecule is CCN(c1nc2cc(F)ccc2cc1CN(Cc1cc(C(F)(F)F)cc(C(F)(F)F)c1)c1nnn(C)n1)C1CCCCC1. The summed E-state index contributed by atoms with van der Waals surface area (Å²) in [7, 11) is 1.50. The quantitative estimate of drug-likeness (QED) is 0.196. The maximum absolute atomic E-state index is 14.2. The molecule has 14 heteroatoms. The summed E-state index contributed by atoms with van der Waals surface area (Å²) in [6.45, 7) is 2.19. The molecule has 2 aromatic heterocycles. The fraction of sp³-hybridized carbons (Fsp3) is 0.448. The van der Waals surface area contributed by atoms with E-state index in [1.54, 1.807) is 6.07 Å². The molecule has 2 heterocycles. The Bertz CT molecular complexity index is 1540. The molecule has 7 nitrogen and oxygen atoms in total. The van der Waals surface area contributed by atoms with Crippen molar-refractivity contribution in [2.24, 2.45) is 7.05 Å². The van der Waals surface area contributed by atoms with E-state index in [4.69, 9.17) is 4.98 Å². The van der Waals surface area contributed by atoms with Gasteiger partial charge in [0, 0.05) is 42.7 Å². The molecule has 1 fully saturated rings. The monoisotopic (exact) mass is 609 g/mol. The van der Waals surface area contributed by atoms with Gasteiger partial charge >= 0.3 is 12.4 Å². The van der Waals surface area contributed by atoms with E-state index in [2.05, 4.69) is 20.3 Å². The van der Waals surface area contributed by atoms with Crippen molar-refractivity contribution in [3.05, 3.63) is 70.5 Å². The van der Waals surface area contributed by atoms with E-state index in [0.717, 1.165) is 36.9 Å². The first-order valence-corrected chi connectivity index (χ1v) is 13.9. The topological polar surface area (TPSA) is 63.0 Å². The lowest BCUT2D eigenvalue weighted by molar-refractivity contribution is -0.143. The molecule has 0 aliphatic heterocycles. The zero-order valence-corrected chi connectivity index (χ0v) is 23.6. The summed E-state index contributed by atoms with van der Waals surface area (Å²) in [5, 5.41) is 12.7. The first-order chi connectivity index (χ1) is 20.3. The fourth-order valence-corrected chi connectivity index (χ4v) is 5.65. The van der Waals surface area contributed by atoms with Crippen LogP contribution in [0.2, 0.25) is 0 Å². The standard InChI is InChI=1S/C29H30F7N7/c1-3-43(24-7-5-4-6-8-24)26-20(13-19-9-10-23(30)15-25(19)37-26)17-42(27-38-40-41(2)39-27)16-18-11-21(28(31,32)33)14-22(12-18)29(34,35)36/h9-15,24H,3-8,16-17H2,1-2H3. The van der Waals surface area contributed by atoms with Gasteiger partial charge in [-0.25, -0.2) is 9.37 Å². The third-order valence-corrected chi connectivity index (χ3v) is 7.63. The van der Waals surface area contributed by atoms with E-state index in [9.17, 15) is 30.7 Å². The Kier molecular flexibility index (Phi) is 8.48. The molecule has 43 heavy (non-hydrogen) atoms. The molecule has 0 unspecified atom stereocenters. The predicted molar refractivity (Wildman–Crippen MR) is 147 cm³/mol. The number of rotatable bonds is 8. The molecule has 0 saturated heterocycles. The number of aromatic nitrogens is 5. The van der Waals surface area contributed by atoms with Gasteiger partial charge in [0.1, 0.15) is 11.6 Å². The molecule has 0 radical (unpaired) electrons. The molecule has 0 N–H and O–H groups in total. The minimum atomic E-state index is -4.99. The average Bonchev–Trinajstić information content (AvgIpc) is 3.39. The Morgan fingerprint density at radius 1 is 0.884 bits per heavy atom. The van der Waals surface area contributed by atoms with Crippen molar-refractivity contribution in [1.29, 1.82) is 0 Å². The van der Waals surface area contributed by atoms with Crippen LogP contribution in [0.4, 0.5) is 42.5 Å². The van der Waals surface area contributed by atoms with E-state index in [-0.39, 0.29) is 36.7 Å². The van der Waals surface area contributed by atoms with Gasteiger partial charge in [0.2, 0.25) is 0 Å². The molecule has 5 rings (SSSR count). The highest BCUT2D eigenvalue weighted by atomic mass is 19.4. The largest absolute Gasteiger partial charge is 0.416 e. The normalized spacial score (nSPS) is 14.8. The summed E-state index contributed by atoms with van der Waals surface area (Å²) < 4.78 is 95.9. The first-order valence-electron chi connectivity index (χ1n) is 13.9. The Labute approximate surface area is 243 Å². The Morgan fingerprint density at radius 2 is 1.56 bits per heavy atom. The van der Waals surface area contributed by atoms with Crippen LogP contribution in [-0.4, -0.2) is 37.8 Å². The second kappa shape index (κ2) is 12.0. The second-order valence-electron chi connectivity index (χ2n) is 10.7. The first kappa shape index (κ1) is 30.5. The summed E-state index contributed by atoms with van der Waals surface area (Å²) in [6.07, 6.45) is -4.88. The predicted octanol–water partition coefficient (Wildman–Crippen LogP) is 7.30. The summed E-state index contributed by atoms with van der Waals surface area (Å²) in [5.74, 6) is 0.135. The van der Waals surface area contributed by atoms with Crippen molar-refractivity contribution in [1.82, 2.24) is 25.2 Å². The van der Waals surface area contributed by atoms with Gasteiger partial charge < -0.3 is 9.80 Å². The highest BCUT2D eigenvalue weighted by molar-refractivity contribution is 5.82. The van der Waals surface area contributed by atoms with Crippen LogP contribution in [0.1, 0.15) is 61.3 Å². The zero-order valence-electron chi connectivity index (χ0n) is 23.6. The minimum absolute atomic E-state index is 0.0117. The molecular formula is C29H30F7N7. The van der Waals surface area contributed by atoms with Gasteiger partial charge in [-0.15, -0.1) is 5.10 Å². The maximum atomic E-state index is 14.2. The van der Waals surface area contributed by atoms with E-state index in [1.807, 2.05) is 13.0 Å². The number of anilines is 2. The van der Waals surface area contributed by atoms with E-state index < -0.39 is 29.3 Å². The highest BCUT2D eigenvalue weighted by Crippen LogP contribution is 2.37. The van der Waals surface area contributed by atoms with E-state index >= 15 is 0 Å². The number of hydrogen-bond acceptors (Lipinski definition) is 6. The van der Waals surface area contributed by atoms with Crippen LogP contribution in [0.25, 0.3) is 10.9 Å². The van der Waals surface area contributed by atoms with Crippen LogP contribution in [-0.2, 0) is 32.5 Å². The molecule has 4 aromatic rings. The van der Waals surface area contributed by atoms with Gasteiger partial charge in [-0.3, -0.25) is 0 Å². The zero-order chi connectivity index (χ0) is 30.9. The lowest BCUT2D eigenvalue weighted by atomic mass is 9.93. The van der Waals surface area contributed by atoms with Gasteiger partial charge in [-0.2, -0.15) is 31.1 Å². The molecule has 1 saturated carbocycles. The van der Waals surface area contributed by atoms with Crippen molar-refractivity contribution in [2.45, 2.75) is 70.5 Å². The van der Waals surface area contributed by atoms with Crippen LogP contribution in [0, 0.1) is 5.82 Å². The third-order valence-electron chi connectivity index (χ3n) is 7.63. The number of aryl methyl sites for hydroxylation is 1. The molecule has 1 aliphatic rings. The summed E-state index contributed by atoms with van der Waals surface area (Å²) in [6, 6.07) is 7.70. The number of pyridine rings is 1. The number of tetrazole rings is 1. The summed E-state index contributed by atoms with van der Waals surface area (Å²) >= 11 is 0. The Morgan fingerprint density at radius 3 is 2.14 bits per heavy atom. The molecule has 1 aliphatic carbocycles. The van der Waals surface area contributed by atoms with Crippen molar-refractivity contribution in [3.8, 4) is 0 Å². The van der Waals surface area contributed by atoms with Crippen molar-refractivity contribution in [2.75, 3.05) is 16.3 Å². The van der Waals surface area contributed by atoms with Crippen molar-refractivity contribution in [3.63, 3.8) is 0 Å². The molecule has 0 amide bonds. The highest BCUT2D eigenvalue weighted by Gasteiger charge is 2.37. The van der Waals surface area contributed by atoms with E-state index in [0.29, 0.717) is 41.0 Å². The third kappa shape index (κ3) is 6.99. The molecular weight excluding hydrogens is 579 g/mol. The number of benzene rings is 2. The number of fused-ring (bicyclic) bond motifs is 1. The fourth-order valence-electron chi connectivity index (χ4n) is 5.65. The minimum Gasteiger partial charge on any atom is -0.354 e. The number of nitrogens with zero attached hydrogens (tertiary/aromatic N) is 7. The molecule has 2 aromatic carbocycles. The number of halogens is 7. The second-order valence-corrected chi connectivity index (χ2v) is 10.7. The summed E-state index contributed by atoms with van der Waals surface area (Å²) in [4.78, 5) is 9.60. The lowest BCUT2D eigenvalue weighted by Gasteiger charge is -2.36. The molecule has 230 valence electrons. The van der Waals surface area contributed by atoms with Gasteiger partial charge in [-0.1, -0.05) is 24.4 Å². The van der Waals surface area contributed by atoms with Crippen molar-refractivity contribution < 1.29 is 30.7 Å². The Balaban J connectivity index is 1.61. The van der Waals surface area contributed by atoms with Crippen LogP contribution in [0.15, 0.2) is 42.5 Å². The average molecular weight is 610 g/mol. The van der Waals surface area contributed by atoms with Gasteiger partial charge in [-0.05, 0) is 66.9 Å². The number of hydrogen-bond donors (Lipinski definition) is 0. The van der Waals surface area contributed by atoms with Crippen LogP contribution in [0.5, 0.6) is 0 Å². The smallest absolute Gasteiger partial charge is 0.354 e. The maximum Gasteiger partial charge on any atom is 0.416 e. The molecule has 0 atom stereocenters. The number of alkyl halides is 6. The molecule has 0 spiro atoms. The van der Waals surface area contributed by atoms with Gasteiger partial charge in [0.05, 0.1) is 23.7 Å². The van der Waals surface area contributed by atoms with Gasteiger partial charge in [0.15, 0.2) is 0 Å². The lowest BCUT2D eigenvalue weighted by Crippen LogP contribution is -2.38.